The lowest BCUT2D eigenvalue weighted by molar-refractivity contribution is 0.714. The third kappa shape index (κ3) is 5.84. The van der Waals surface area contributed by atoms with Crippen molar-refractivity contribution in [1.29, 1.82) is 0 Å². The lowest BCUT2D eigenvalue weighted by Crippen LogP contribution is -2.22. The van der Waals surface area contributed by atoms with Crippen LogP contribution in [-0.2, 0) is 5.41 Å². The number of thiophene rings is 2. The van der Waals surface area contributed by atoms with Gasteiger partial charge < -0.3 is 0 Å². The van der Waals surface area contributed by atoms with Crippen LogP contribution in [0.2, 0.25) is 0 Å². The number of hydrogen-bond donors (Lipinski definition) is 0. The van der Waals surface area contributed by atoms with Crippen LogP contribution in [0.15, 0.2) is 212 Å². The van der Waals surface area contributed by atoms with Crippen molar-refractivity contribution >= 4 is 63.0 Å². The molecule has 0 saturated heterocycles. The van der Waals surface area contributed by atoms with Gasteiger partial charge in [0.15, 0.2) is 5.82 Å². The van der Waals surface area contributed by atoms with Gasteiger partial charge in [0.1, 0.15) is 0 Å². The first-order chi connectivity index (χ1) is 31.6. The number of aromatic nitrogens is 2. The minimum atomic E-state index is -0.320. The van der Waals surface area contributed by atoms with Crippen molar-refractivity contribution in [3.8, 4) is 67.3 Å². The Labute approximate surface area is 379 Å². The van der Waals surface area contributed by atoms with Gasteiger partial charge in [-0.1, -0.05) is 158 Å². The number of hydrogen-bond acceptors (Lipinski definition) is 4. The molecule has 2 nitrogen and oxygen atoms in total. The summed E-state index contributed by atoms with van der Waals surface area (Å²) in [5, 5.41) is 5.17. The van der Waals surface area contributed by atoms with Gasteiger partial charge in [0.2, 0.25) is 0 Å². The molecular weight excluding hydrogens is 813 g/mol. The highest BCUT2D eigenvalue weighted by Crippen LogP contribution is 2.53. The van der Waals surface area contributed by atoms with E-state index >= 15 is 0 Å². The second kappa shape index (κ2) is 14.5. The molecule has 0 aliphatic heterocycles. The van der Waals surface area contributed by atoms with Gasteiger partial charge in [-0.2, -0.15) is 0 Å². The Kier molecular flexibility index (Phi) is 8.42. The molecule has 0 saturated carbocycles. The molecule has 0 bridgehead atoms. The molecule has 0 fully saturated rings. The van der Waals surface area contributed by atoms with Crippen LogP contribution in [0.25, 0.3) is 108 Å². The molecule has 0 spiro atoms. The summed E-state index contributed by atoms with van der Waals surface area (Å²) in [4.78, 5) is 10.7. The summed E-state index contributed by atoms with van der Waals surface area (Å²) in [5.74, 6) is 0.703. The fourth-order valence-corrected chi connectivity index (χ4v) is 12.3. The first-order valence-corrected chi connectivity index (χ1v) is 23.4. The van der Waals surface area contributed by atoms with Gasteiger partial charge >= 0.3 is 0 Å². The summed E-state index contributed by atoms with van der Waals surface area (Å²) < 4.78 is 5.21. The Hall–Kier alpha value is -7.50. The molecule has 1 aliphatic carbocycles. The predicted molar refractivity (Wildman–Crippen MR) is 272 cm³/mol. The van der Waals surface area contributed by atoms with Crippen molar-refractivity contribution < 1.29 is 0 Å². The minimum Gasteiger partial charge on any atom is -0.228 e. The van der Waals surface area contributed by atoms with Gasteiger partial charge in [-0.25, -0.2) is 9.97 Å². The lowest BCUT2D eigenvalue weighted by Gasteiger charge is -2.28. The van der Waals surface area contributed by atoms with E-state index in [-0.39, 0.29) is 5.41 Å². The quantitative estimate of drug-likeness (QED) is 0.167. The summed E-state index contributed by atoms with van der Waals surface area (Å²) in [6, 6.07) is 77.6. The maximum atomic E-state index is 5.36. The van der Waals surface area contributed by atoms with Crippen LogP contribution in [0, 0.1) is 0 Å². The van der Waals surface area contributed by atoms with Gasteiger partial charge in [-0.3, -0.25) is 0 Å². The first kappa shape index (κ1) is 37.1. The number of nitrogens with zero attached hydrogens (tertiary/aromatic N) is 2. The molecule has 9 aromatic carbocycles. The average molecular weight is 851 g/mol. The van der Waals surface area contributed by atoms with Gasteiger partial charge in [0, 0.05) is 62.4 Å². The molecule has 3 aromatic heterocycles. The number of rotatable bonds is 6. The van der Waals surface area contributed by atoms with Gasteiger partial charge in [-0.15, -0.1) is 22.7 Å². The van der Waals surface area contributed by atoms with Crippen molar-refractivity contribution in [2.24, 2.45) is 0 Å². The largest absolute Gasteiger partial charge is 0.228 e. The Balaban J connectivity index is 1.01. The van der Waals surface area contributed by atoms with Gasteiger partial charge in [0.25, 0.3) is 0 Å². The molecule has 1 atom stereocenters. The topological polar surface area (TPSA) is 25.8 Å². The highest BCUT2D eigenvalue weighted by atomic mass is 32.1. The van der Waals surface area contributed by atoms with Crippen molar-refractivity contribution in [1.82, 2.24) is 9.97 Å². The molecule has 3 heterocycles. The molecule has 12 aromatic rings. The number of benzene rings is 9. The first-order valence-electron chi connectivity index (χ1n) is 21.8. The summed E-state index contributed by atoms with van der Waals surface area (Å²) in [7, 11) is 0. The SMILES string of the molecule is CC1(c2ccccc2)c2ccccc2-c2ccc(-c3cc(-c4ccc(-c5ccc6sc7ccccc7c6c5)c(-c5ccc6sc7ccccc7c6c5)c4)nc(-c4ccccc4)n3)cc21. The average Bonchev–Trinajstić information content (AvgIpc) is 4.01. The van der Waals surface area contributed by atoms with Gasteiger partial charge in [-0.05, 0) is 112 Å². The minimum absolute atomic E-state index is 0.320. The third-order valence-corrected chi connectivity index (χ3v) is 15.7. The Bertz CT molecular complexity index is 3810. The smallest absolute Gasteiger partial charge is 0.160 e. The predicted octanol–water partition coefficient (Wildman–Crippen LogP) is 16.9. The second-order valence-corrected chi connectivity index (χ2v) is 19.2. The molecule has 64 heavy (non-hydrogen) atoms. The monoisotopic (exact) mass is 850 g/mol. The summed E-state index contributed by atoms with van der Waals surface area (Å²) in [6.07, 6.45) is 0. The van der Waals surface area contributed by atoms with Gasteiger partial charge in [0.05, 0.1) is 11.4 Å². The molecular formula is C60H38N2S2. The molecule has 300 valence electrons. The summed E-state index contributed by atoms with van der Waals surface area (Å²) in [6.45, 7) is 2.37. The standard InChI is InChI=1S/C60H38N2S2/c1-60(42-16-6-3-7-17-42)51-21-11-8-18-44(51)45-29-25-41(35-52(45)60)54-36-53(61-59(62-54)37-14-4-2-5-15-37)40-24-28-43(38-26-30-57-49(32-38)46-19-9-12-22-55(46)63-57)48(34-40)39-27-31-58-50(33-39)47-20-10-13-23-56(47)64-58/h2-36H,1H3. The zero-order valence-electron chi connectivity index (χ0n) is 34.9. The highest BCUT2D eigenvalue weighted by molar-refractivity contribution is 7.26. The van der Waals surface area contributed by atoms with E-state index < -0.39 is 0 Å². The molecule has 4 heteroatoms. The van der Waals surface area contributed by atoms with Crippen molar-refractivity contribution in [3.63, 3.8) is 0 Å². The van der Waals surface area contributed by atoms with E-state index in [1.165, 1.54) is 90.4 Å². The van der Waals surface area contributed by atoms with Crippen LogP contribution in [-0.4, -0.2) is 9.97 Å². The highest BCUT2D eigenvalue weighted by Gasteiger charge is 2.40. The molecule has 13 rings (SSSR count). The normalized spacial score (nSPS) is 14.4. The molecule has 0 amide bonds. The van der Waals surface area contributed by atoms with Crippen molar-refractivity contribution in [2.45, 2.75) is 12.3 Å². The Morgan fingerprint density at radius 1 is 0.328 bits per heavy atom. The maximum absolute atomic E-state index is 5.36. The Morgan fingerprint density at radius 2 is 0.828 bits per heavy atom. The van der Waals surface area contributed by atoms with E-state index in [4.69, 9.17) is 9.97 Å². The molecule has 1 unspecified atom stereocenters. The summed E-state index contributed by atoms with van der Waals surface area (Å²) in [5.41, 5.74) is 15.7. The molecule has 0 N–H and O–H groups in total. The van der Waals surface area contributed by atoms with E-state index in [0.717, 1.165) is 28.1 Å². The van der Waals surface area contributed by atoms with Crippen molar-refractivity contribution in [3.05, 3.63) is 229 Å². The maximum Gasteiger partial charge on any atom is 0.160 e. The molecule has 1 aliphatic rings. The fourth-order valence-electron chi connectivity index (χ4n) is 10.2. The fraction of sp³-hybridized carbons (Fsp3) is 0.0333. The summed E-state index contributed by atoms with van der Waals surface area (Å²) >= 11 is 3.71. The van der Waals surface area contributed by atoms with Crippen LogP contribution in [0.3, 0.4) is 0 Å². The van der Waals surface area contributed by atoms with E-state index in [1.807, 2.05) is 28.7 Å². The van der Waals surface area contributed by atoms with Crippen LogP contribution < -0.4 is 0 Å². The van der Waals surface area contributed by atoms with Crippen LogP contribution in [0.5, 0.6) is 0 Å². The van der Waals surface area contributed by atoms with Crippen LogP contribution >= 0.6 is 22.7 Å². The zero-order valence-corrected chi connectivity index (χ0v) is 36.6. The van der Waals surface area contributed by atoms with E-state index in [9.17, 15) is 0 Å². The Morgan fingerprint density at radius 3 is 1.50 bits per heavy atom. The van der Waals surface area contributed by atoms with Crippen LogP contribution in [0.1, 0.15) is 23.6 Å². The van der Waals surface area contributed by atoms with Crippen LogP contribution in [0.4, 0.5) is 0 Å². The zero-order chi connectivity index (χ0) is 42.4. The number of fused-ring (bicyclic) bond motifs is 9. The van der Waals surface area contributed by atoms with E-state index in [1.54, 1.807) is 0 Å². The van der Waals surface area contributed by atoms with Crippen molar-refractivity contribution in [2.75, 3.05) is 0 Å². The van der Waals surface area contributed by atoms with E-state index in [0.29, 0.717) is 5.82 Å². The third-order valence-electron chi connectivity index (χ3n) is 13.4. The second-order valence-electron chi connectivity index (χ2n) is 17.0. The van der Waals surface area contributed by atoms with E-state index in [2.05, 4.69) is 213 Å². The molecule has 0 radical (unpaired) electrons. The lowest BCUT2D eigenvalue weighted by atomic mass is 9.74.